The Morgan fingerprint density at radius 2 is 1.84 bits per heavy atom. The van der Waals surface area contributed by atoms with E-state index in [1.807, 2.05) is 73.7 Å². The van der Waals surface area contributed by atoms with Crippen LogP contribution in [0.25, 0.3) is 0 Å². The van der Waals surface area contributed by atoms with Gasteiger partial charge in [-0.05, 0) is 42.3 Å². The molecule has 1 fully saturated rings. The largest absolute Gasteiger partial charge is 0.392 e. The Morgan fingerprint density at radius 3 is 2.57 bits per heavy atom. The van der Waals surface area contributed by atoms with Gasteiger partial charge in [0.15, 0.2) is 10.6 Å². The van der Waals surface area contributed by atoms with Crippen molar-refractivity contribution in [2.75, 3.05) is 11.1 Å². The molecule has 5 rings (SSSR count). The molecular weight excluding hydrogens is 506 g/mol. The molecule has 1 aliphatic rings. The van der Waals surface area contributed by atoms with E-state index in [9.17, 15) is 9.90 Å². The number of thioether (sulfide) groups is 1. The standard InChI is InChI=1S/C28H27N3O4S2/c1-18-30-31-28(37-18)36-17-24-15-25(20-12-10-19(16-32)11-13-20)35-27(34-24)22-8-5-9-23(14-22)29-26(33)21-6-3-2-4-7-21/h2-14,24-25,27,32H,15-17H2,1H3,(H,29,33). The minimum absolute atomic E-state index is 0.000432. The summed E-state index contributed by atoms with van der Waals surface area (Å²) < 4.78 is 13.7. The maximum absolute atomic E-state index is 12.7. The summed E-state index contributed by atoms with van der Waals surface area (Å²) in [7, 11) is 0. The normalized spacial score (nSPS) is 19.5. The fourth-order valence-electron chi connectivity index (χ4n) is 4.08. The summed E-state index contributed by atoms with van der Waals surface area (Å²) in [6.07, 6.45) is -0.190. The number of aliphatic hydroxyl groups is 1. The predicted molar refractivity (Wildman–Crippen MR) is 145 cm³/mol. The number of hydrogen-bond acceptors (Lipinski definition) is 8. The fourth-order valence-corrected chi connectivity index (χ4v) is 5.94. The third kappa shape index (κ3) is 6.63. The summed E-state index contributed by atoms with van der Waals surface area (Å²) in [6.45, 7) is 1.94. The van der Waals surface area contributed by atoms with Crippen LogP contribution in [0.4, 0.5) is 5.69 Å². The lowest BCUT2D eigenvalue weighted by Gasteiger charge is -2.36. The summed E-state index contributed by atoms with van der Waals surface area (Å²) in [6, 6.07) is 24.5. The van der Waals surface area contributed by atoms with E-state index in [0.29, 0.717) is 23.4 Å². The molecule has 2 N–H and O–H groups in total. The van der Waals surface area contributed by atoms with Crippen molar-refractivity contribution >= 4 is 34.7 Å². The van der Waals surface area contributed by atoms with E-state index in [1.165, 1.54) is 0 Å². The lowest BCUT2D eigenvalue weighted by atomic mass is 10.0. The molecule has 0 spiro atoms. The minimum Gasteiger partial charge on any atom is -0.392 e. The molecule has 1 amide bonds. The van der Waals surface area contributed by atoms with E-state index in [0.717, 1.165) is 26.0 Å². The van der Waals surface area contributed by atoms with Gasteiger partial charge in [-0.25, -0.2) is 0 Å². The molecule has 7 nitrogen and oxygen atoms in total. The second-order valence-electron chi connectivity index (χ2n) is 8.69. The van der Waals surface area contributed by atoms with Gasteiger partial charge in [0.2, 0.25) is 0 Å². The average Bonchev–Trinajstić information content (AvgIpc) is 3.37. The summed E-state index contributed by atoms with van der Waals surface area (Å²) >= 11 is 3.20. The Morgan fingerprint density at radius 1 is 1.03 bits per heavy atom. The second-order valence-corrected chi connectivity index (χ2v) is 11.1. The smallest absolute Gasteiger partial charge is 0.255 e. The highest BCUT2D eigenvalue weighted by molar-refractivity contribution is 8.01. The van der Waals surface area contributed by atoms with Crippen LogP contribution in [0.5, 0.6) is 0 Å². The monoisotopic (exact) mass is 533 g/mol. The molecule has 0 bridgehead atoms. The molecule has 0 aliphatic carbocycles. The van der Waals surface area contributed by atoms with Gasteiger partial charge in [0.05, 0.1) is 18.8 Å². The Labute approximate surface area is 223 Å². The number of rotatable bonds is 8. The maximum Gasteiger partial charge on any atom is 0.255 e. The second kappa shape index (κ2) is 12.0. The number of nitrogens with one attached hydrogen (secondary N) is 1. The van der Waals surface area contributed by atoms with E-state index >= 15 is 0 Å². The first-order chi connectivity index (χ1) is 18.1. The van der Waals surface area contributed by atoms with Crippen LogP contribution in [0.1, 0.15) is 50.9 Å². The van der Waals surface area contributed by atoms with Crippen LogP contribution in [0.2, 0.25) is 0 Å². The van der Waals surface area contributed by atoms with Gasteiger partial charge >= 0.3 is 0 Å². The van der Waals surface area contributed by atoms with Gasteiger partial charge in [-0.1, -0.05) is 77.7 Å². The van der Waals surface area contributed by atoms with Crippen molar-refractivity contribution < 1.29 is 19.4 Å². The highest BCUT2D eigenvalue weighted by Crippen LogP contribution is 2.40. The molecule has 0 saturated carbocycles. The van der Waals surface area contributed by atoms with Gasteiger partial charge in [-0.3, -0.25) is 4.79 Å². The van der Waals surface area contributed by atoms with E-state index in [2.05, 4.69) is 15.5 Å². The zero-order chi connectivity index (χ0) is 25.6. The summed E-state index contributed by atoms with van der Waals surface area (Å²) in [5, 5.41) is 21.6. The number of carbonyl (C=O) groups is 1. The van der Waals surface area contributed by atoms with Crippen LogP contribution in [-0.2, 0) is 16.1 Å². The first-order valence-corrected chi connectivity index (χ1v) is 13.8. The number of ether oxygens (including phenoxy) is 2. The average molecular weight is 534 g/mol. The van der Waals surface area contributed by atoms with Crippen LogP contribution in [0.3, 0.4) is 0 Å². The molecule has 3 unspecified atom stereocenters. The molecule has 1 aromatic heterocycles. The third-order valence-electron chi connectivity index (χ3n) is 5.97. The molecule has 0 radical (unpaired) electrons. The molecule has 1 saturated heterocycles. The van der Waals surface area contributed by atoms with Crippen LogP contribution in [0, 0.1) is 6.92 Å². The first kappa shape index (κ1) is 25.6. The Kier molecular flexibility index (Phi) is 8.28. The number of hydrogen-bond donors (Lipinski definition) is 2. The minimum atomic E-state index is -0.605. The van der Waals surface area contributed by atoms with Gasteiger partial charge < -0.3 is 19.9 Å². The summed E-state index contributed by atoms with van der Waals surface area (Å²) in [4.78, 5) is 12.7. The van der Waals surface area contributed by atoms with Crippen molar-refractivity contribution in [1.82, 2.24) is 10.2 Å². The number of amides is 1. The predicted octanol–water partition coefficient (Wildman–Crippen LogP) is 5.93. The maximum atomic E-state index is 12.7. The lowest BCUT2D eigenvalue weighted by Crippen LogP contribution is -2.31. The number of aliphatic hydroxyl groups excluding tert-OH is 1. The molecular formula is C28H27N3O4S2. The number of anilines is 1. The van der Waals surface area contributed by atoms with Crippen LogP contribution in [-0.4, -0.2) is 33.1 Å². The van der Waals surface area contributed by atoms with Crippen molar-refractivity contribution in [1.29, 1.82) is 0 Å². The van der Waals surface area contributed by atoms with E-state index < -0.39 is 6.29 Å². The Balaban J connectivity index is 1.35. The van der Waals surface area contributed by atoms with Gasteiger partial charge in [-0.15, -0.1) is 10.2 Å². The molecule has 37 heavy (non-hydrogen) atoms. The van der Waals surface area contributed by atoms with E-state index in [4.69, 9.17) is 9.47 Å². The molecule has 3 aromatic carbocycles. The number of carbonyl (C=O) groups excluding carboxylic acids is 1. The van der Waals surface area contributed by atoms with Crippen molar-refractivity contribution in [2.45, 2.75) is 42.8 Å². The Hall–Kier alpha value is -3.08. The van der Waals surface area contributed by atoms with Gasteiger partial charge in [0, 0.05) is 29.0 Å². The third-order valence-corrected chi connectivity index (χ3v) is 8.07. The van der Waals surface area contributed by atoms with Crippen LogP contribution >= 0.6 is 23.1 Å². The Bertz CT molecular complexity index is 1330. The van der Waals surface area contributed by atoms with E-state index in [1.54, 1.807) is 35.2 Å². The molecule has 1 aliphatic heterocycles. The van der Waals surface area contributed by atoms with E-state index in [-0.39, 0.29) is 24.7 Å². The number of nitrogens with zero attached hydrogens (tertiary/aromatic N) is 2. The zero-order valence-corrected chi connectivity index (χ0v) is 21.9. The zero-order valence-electron chi connectivity index (χ0n) is 20.2. The number of aromatic nitrogens is 2. The first-order valence-electron chi connectivity index (χ1n) is 12.0. The van der Waals surface area contributed by atoms with Crippen molar-refractivity contribution in [2.24, 2.45) is 0 Å². The molecule has 190 valence electrons. The summed E-state index contributed by atoms with van der Waals surface area (Å²) in [5.41, 5.74) is 3.97. The van der Waals surface area contributed by atoms with Gasteiger partial charge in [0.1, 0.15) is 5.01 Å². The quantitative estimate of drug-likeness (QED) is 0.271. The SMILES string of the molecule is Cc1nnc(SCC2CC(c3ccc(CO)cc3)OC(c3cccc(NC(=O)c4ccccc4)c3)O2)s1. The van der Waals surface area contributed by atoms with Gasteiger partial charge in [0.25, 0.3) is 5.91 Å². The molecule has 4 aromatic rings. The van der Waals surface area contributed by atoms with Crippen molar-refractivity contribution in [3.8, 4) is 0 Å². The fraction of sp³-hybridized carbons (Fsp3) is 0.250. The van der Waals surface area contributed by atoms with Crippen LogP contribution < -0.4 is 5.32 Å². The molecule has 9 heteroatoms. The topological polar surface area (TPSA) is 93.6 Å². The molecule has 2 heterocycles. The summed E-state index contributed by atoms with van der Waals surface area (Å²) in [5.74, 6) is 0.538. The van der Waals surface area contributed by atoms with Crippen molar-refractivity contribution in [3.05, 3.63) is 106 Å². The highest BCUT2D eigenvalue weighted by atomic mass is 32.2. The van der Waals surface area contributed by atoms with Crippen LogP contribution in [0.15, 0.2) is 83.2 Å². The van der Waals surface area contributed by atoms with Gasteiger partial charge in [-0.2, -0.15) is 0 Å². The number of benzene rings is 3. The van der Waals surface area contributed by atoms with Crippen molar-refractivity contribution in [3.63, 3.8) is 0 Å². The lowest BCUT2D eigenvalue weighted by molar-refractivity contribution is -0.245. The highest BCUT2D eigenvalue weighted by Gasteiger charge is 2.32. The molecule has 3 atom stereocenters. The number of aryl methyl sites for hydroxylation is 1.